The Morgan fingerprint density at radius 3 is 2.95 bits per heavy atom. The molecule has 2 N–H and O–H groups in total. The average molecular weight is 304 g/mol. The zero-order valence-electron chi connectivity index (χ0n) is 11.0. The lowest BCUT2D eigenvalue weighted by atomic mass is 10.1. The van der Waals surface area contributed by atoms with Gasteiger partial charge in [0.25, 0.3) is 10.0 Å². The first kappa shape index (κ1) is 14.9. The smallest absolute Gasteiger partial charge is 0.252 e. The lowest BCUT2D eigenvalue weighted by molar-refractivity contribution is 0.0265. The van der Waals surface area contributed by atoms with Crippen LogP contribution in [0.15, 0.2) is 16.3 Å². The van der Waals surface area contributed by atoms with Crippen LogP contribution in [0, 0.1) is 0 Å². The average Bonchev–Trinajstić information content (AvgIpc) is 2.89. The van der Waals surface area contributed by atoms with Crippen molar-refractivity contribution >= 4 is 21.4 Å². The van der Waals surface area contributed by atoms with E-state index in [1.54, 1.807) is 12.1 Å². The molecule has 1 aliphatic rings. The zero-order valence-corrected chi connectivity index (χ0v) is 12.7. The Labute approximate surface area is 118 Å². The fourth-order valence-corrected chi connectivity index (χ4v) is 5.13. The van der Waals surface area contributed by atoms with E-state index in [1.807, 2.05) is 6.92 Å². The summed E-state index contributed by atoms with van der Waals surface area (Å²) in [6.45, 7) is 3.95. The first-order chi connectivity index (χ1) is 9.07. The van der Waals surface area contributed by atoms with E-state index in [2.05, 4.69) is 0 Å². The highest BCUT2D eigenvalue weighted by Gasteiger charge is 2.31. The third-order valence-corrected chi connectivity index (χ3v) is 6.62. The van der Waals surface area contributed by atoms with E-state index in [0.29, 0.717) is 30.5 Å². The SMILES string of the molecule is CCOC1CCCN(S(=O)(=O)c2ccc(CN)s2)C1. The summed E-state index contributed by atoms with van der Waals surface area (Å²) in [7, 11) is -3.39. The summed E-state index contributed by atoms with van der Waals surface area (Å²) < 4.78 is 32.5. The van der Waals surface area contributed by atoms with Crippen LogP contribution in [0.5, 0.6) is 0 Å². The number of ether oxygens (including phenoxy) is 1. The van der Waals surface area contributed by atoms with Gasteiger partial charge in [-0.2, -0.15) is 4.31 Å². The van der Waals surface area contributed by atoms with Gasteiger partial charge in [-0.25, -0.2) is 8.42 Å². The molecule has 0 aliphatic carbocycles. The van der Waals surface area contributed by atoms with Crippen LogP contribution in [-0.2, 0) is 21.3 Å². The lowest BCUT2D eigenvalue weighted by Crippen LogP contribution is -2.42. The highest BCUT2D eigenvalue weighted by molar-refractivity contribution is 7.91. The monoisotopic (exact) mass is 304 g/mol. The molecule has 0 bridgehead atoms. The number of sulfonamides is 1. The summed E-state index contributed by atoms with van der Waals surface area (Å²) in [4.78, 5) is 0.886. The molecule has 1 saturated heterocycles. The topological polar surface area (TPSA) is 72.6 Å². The van der Waals surface area contributed by atoms with E-state index in [0.717, 1.165) is 17.7 Å². The van der Waals surface area contributed by atoms with Gasteiger partial charge < -0.3 is 10.5 Å². The normalized spacial score (nSPS) is 21.7. The van der Waals surface area contributed by atoms with Gasteiger partial charge in [-0.05, 0) is 31.9 Å². The van der Waals surface area contributed by atoms with E-state index < -0.39 is 10.0 Å². The van der Waals surface area contributed by atoms with Gasteiger partial charge in [0.05, 0.1) is 6.10 Å². The summed E-state index contributed by atoms with van der Waals surface area (Å²) in [5.41, 5.74) is 5.53. The van der Waals surface area contributed by atoms with Crippen LogP contribution in [0.2, 0.25) is 0 Å². The molecule has 1 unspecified atom stereocenters. The summed E-state index contributed by atoms with van der Waals surface area (Å²) in [5.74, 6) is 0. The number of rotatable bonds is 5. The molecular weight excluding hydrogens is 284 g/mol. The number of piperidine rings is 1. The van der Waals surface area contributed by atoms with Crippen molar-refractivity contribution < 1.29 is 13.2 Å². The van der Waals surface area contributed by atoms with Crippen molar-refractivity contribution in [1.82, 2.24) is 4.31 Å². The fraction of sp³-hybridized carbons (Fsp3) is 0.667. The van der Waals surface area contributed by atoms with Crippen molar-refractivity contribution in [3.05, 3.63) is 17.0 Å². The maximum atomic E-state index is 12.5. The molecular formula is C12H20N2O3S2. The summed E-state index contributed by atoms with van der Waals surface area (Å²) in [5, 5.41) is 0. The molecule has 108 valence electrons. The number of nitrogens with zero attached hydrogens (tertiary/aromatic N) is 1. The van der Waals surface area contributed by atoms with Gasteiger partial charge >= 0.3 is 0 Å². The second kappa shape index (κ2) is 6.32. The third-order valence-electron chi connectivity index (χ3n) is 3.18. The van der Waals surface area contributed by atoms with Gasteiger partial charge in [-0.3, -0.25) is 0 Å². The van der Waals surface area contributed by atoms with Crippen molar-refractivity contribution in [3.8, 4) is 0 Å². The molecule has 1 aliphatic heterocycles. The Kier molecular flexibility index (Phi) is 4.97. The predicted octanol–water partition coefficient (Wildman–Crippen LogP) is 1.40. The zero-order chi connectivity index (χ0) is 13.9. The Bertz CT molecular complexity index is 511. The van der Waals surface area contributed by atoms with Crippen LogP contribution < -0.4 is 5.73 Å². The minimum absolute atomic E-state index is 0.0162. The quantitative estimate of drug-likeness (QED) is 0.892. The molecule has 1 aromatic rings. The van der Waals surface area contributed by atoms with Gasteiger partial charge in [0.1, 0.15) is 4.21 Å². The number of hydrogen-bond acceptors (Lipinski definition) is 5. The van der Waals surface area contributed by atoms with Gasteiger partial charge in [-0.15, -0.1) is 11.3 Å². The molecule has 0 radical (unpaired) electrons. The molecule has 0 saturated carbocycles. The largest absolute Gasteiger partial charge is 0.377 e. The highest BCUT2D eigenvalue weighted by Crippen LogP contribution is 2.27. The fourth-order valence-electron chi connectivity index (χ4n) is 2.23. The summed E-state index contributed by atoms with van der Waals surface area (Å²) >= 11 is 1.25. The van der Waals surface area contributed by atoms with E-state index in [-0.39, 0.29) is 6.10 Å². The number of hydrogen-bond donors (Lipinski definition) is 1. The van der Waals surface area contributed by atoms with Crippen LogP contribution >= 0.6 is 11.3 Å². The Morgan fingerprint density at radius 1 is 1.53 bits per heavy atom. The summed E-state index contributed by atoms with van der Waals surface area (Å²) in [6.07, 6.45) is 1.79. The molecule has 19 heavy (non-hydrogen) atoms. The molecule has 1 fully saturated rings. The number of nitrogens with two attached hydrogens (primary N) is 1. The molecule has 1 atom stereocenters. The maximum absolute atomic E-state index is 12.5. The van der Waals surface area contributed by atoms with Gasteiger partial charge in [0.2, 0.25) is 0 Å². The van der Waals surface area contributed by atoms with E-state index in [4.69, 9.17) is 10.5 Å². The predicted molar refractivity (Wildman–Crippen MR) is 75.6 cm³/mol. The standard InChI is InChI=1S/C12H20N2O3S2/c1-2-17-10-4-3-7-14(9-10)19(15,16)12-6-5-11(8-13)18-12/h5-6,10H,2-4,7-9,13H2,1H3. The van der Waals surface area contributed by atoms with Crippen molar-refractivity contribution in [2.45, 2.75) is 36.6 Å². The maximum Gasteiger partial charge on any atom is 0.252 e. The van der Waals surface area contributed by atoms with Crippen molar-refractivity contribution in [1.29, 1.82) is 0 Å². The molecule has 0 spiro atoms. The minimum atomic E-state index is -3.39. The first-order valence-electron chi connectivity index (χ1n) is 6.48. The van der Waals surface area contributed by atoms with Crippen molar-refractivity contribution in [2.75, 3.05) is 19.7 Å². The van der Waals surface area contributed by atoms with E-state index in [1.165, 1.54) is 15.6 Å². The second-order valence-electron chi connectivity index (χ2n) is 4.51. The van der Waals surface area contributed by atoms with Crippen LogP contribution in [0.3, 0.4) is 0 Å². The molecule has 2 rings (SSSR count). The van der Waals surface area contributed by atoms with E-state index >= 15 is 0 Å². The van der Waals surface area contributed by atoms with Crippen LogP contribution in [-0.4, -0.2) is 38.5 Å². The molecule has 0 aromatic carbocycles. The second-order valence-corrected chi connectivity index (χ2v) is 7.84. The van der Waals surface area contributed by atoms with E-state index in [9.17, 15) is 8.42 Å². The van der Waals surface area contributed by atoms with Crippen LogP contribution in [0.1, 0.15) is 24.6 Å². The molecule has 1 aromatic heterocycles. The van der Waals surface area contributed by atoms with Gasteiger partial charge in [-0.1, -0.05) is 0 Å². The van der Waals surface area contributed by atoms with Gasteiger partial charge in [0, 0.05) is 31.1 Å². The minimum Gasteiger partial charge on any atom is -0.377 e. The lowest BCUT2D eigenvalue weighted by Gasteiger charge is -2.31. The van der Waals surface area contributed by atoms with Crippen LogP contribution in [0.25, 0.3) is 0 Å². The molecule has 5 nitrogen and oxygen atoms in total. The highest BCUT2D eigenvalue weighted by atomic mass is 32.2. The number of thiophene rings is 1. The Hall–Kier alpha value is -0.470. The molecule has 2 heterocycles. The van der Waals surface area contributed by atoms with Gasteiger partial charge in [0.15, 0.2) is 0 Å². The van der Waals surface area contributed by atoms with Crippen LogP contribution in [0.4, 0.5) is 0 Å². The Morgan fingerprint density at radius 2 is 2.32 bits per heavy atom. The Balaban J connectivity index is 2.14. The first-order valence-corrected chi connectivity index (χ1v) is 8.74. The molecule has 7 heteroatoms. The molecule has 0 amide bonds. The summed E-state index contributed by atoms with van der Waals surface area (Å²) in [6, 6.07) is 3.42. The van der Waals surface area contributed by atoms with Crippen molar-refractivity contribution in [3.63, 3.8) is 0 Å². The third kappa shape index (κ3) is 3.35. The van der Waals surface area contributed by atoms with Crippen molar-refractivity contribution in [2.24, 2.45) is 5.73 Å².